The Labute approximate surface area is 103 Å². The average molecular weight is 248 g/mol. The van der Waals surface area contributed by atoms with Crippen LogP contribution in [0.5, 0.6) is 0 Å². The van der Waals surface area contributed by atoms with Crippen LogP contribution in [-0.2, 0) is 12.8 Å². The molecule has 0 saturated carbocycles. The molecule has 0 unspecified atom stereocenters. The highest BCUT2D eigenvalue weighted by Crippen LogP contribution is 2.27. The predicted octanol–water partition coefficient (Wildman–Crippen LogP) is 2.51. The van der Waals surface area contributed by atoms with Gasteiger partial charge in [0, 0.05) is 5.69 Å². The summed E-state index contributed by atoms with van der Waals surface area (Å²) in [6, 6.07) is 3.50. The summed E-state index contributed by atoms with van der Waals surface area (Å²) in [4.78, 5) is 15.6. The minimum absolute atomic E-state index is 0.373. The van der Waals surface area contributed by atoms with Crippen LogP contribution in [0.15, 0.2) is 18.5 Å². The molecule has 2 aromatic rings. The first-order valence-electron chi connectivity index (χ1n) is 5.64. The molecule has 5 heteroatoms. The Morgan fingerprint density at radius 2 is 2.18 bits per heavy atom. The Hall–Kier alpha value is -1.62. The summed E-state index contributed by atoms with van der Waals surface area (Å²) >= 11 is 1.29. The number of thiophene rings is 1. The van der Waals surface area contributed by atoms with Gasteiger partial charge in [-0.3, -0.25) is 4.57 Å². The molecule has 0 saturated heterocycles. The molecule has 0 aromatic carbocycles. The van der Waals surface area contributed by atoms with Gasteiger partial charge in [-0.15, -0.1) is 11.3 Å². The second kappa shape index (κ2) is 4.00. The van der Waals surface area contributed by atoms with Gasteiger partial charge in [0.25, 0.3) is 0 Å². The number of hydrogen-bond donors (Lipinski definition) is 1. The van der Waals surface area contributed by atoms with Gasteiger partial charge < -0.3 is 5.11 Å². The van der Waals surface area contributed by atoms with Crippen LogP contribution < -0.4 is 0 Å². The van der Waals surface area contributed by atoms with E-state index in [4.69, 9.17) is 5.11 Å². The number of rotatable bonds is 2. The largest absolute Gasteiger partial charge is 0.477 e. The van der Waals surface area contributed by atoms with Crippen molar-refractivity contribution in [2.45, 2.75) is 25.7 Å². The predicted molar refractivity (Wildman–Crippen MR) is 65.0 cm³/mol. The standard InChI is InChI=1S/C12H12N2O2S/c15-12(16)10-5-6-11(17-10)14-7-13-8-3-1-2-4-9(8)14/h5-7H,1-4H2,(H,15,16). The van der Waals surface area contributed by atoms with E-state index in [0.717, 1.165) is 17.8 Å². The molecule has 1 aliphatic rings. The number of aryl methyl sites for hydroxylation is 1. The molecule has 0 amide bonds. The Kier molecular flexibility index (Phi) is 2.48. The molecule has 0 spiro atoms. The summed E-state index contributed by atoms with van der Waals surface area (Å²) < 4.78 is 2.03. The number of fused-ring (bicyclic) bond motifs is 1. The number of aromatic nitrogens is 2. The zero-order valence-corrected chi connectivity index (χ0v) is 10.0. The van der Waals surface area contributed by atoms with Gasteiger partial charge in [-0.05, 0) is 37.8 Å². The fourth-order valence-electron chi connectivity index (χ4n) is 2.23. The lowest BCUT2D eigenvalue weighted by atomic mass is 10.0. The molecule has 2 heterocycles. The van der Waals surface area contributed by atoms with Gasteiger partial charge in [-0.25, -0.2) is 9.78 Å². The molecule has 0 fully saturated rings. The highest BCUT2D eigenvalue weighted by molar-refractivity contribution is 7.16. The highest BCUT2D eigenvalue weighted by atomic mass is 32.1. The Balaban J connectivity index is 2.03. The molecule has 1 aliphatic carbocycles. The van der Waals surface area contributed by atoms with Crippen molar-refractivity contribution in [3.63, 3.8) is 0 Å². The van der Waals surface area contributed by atoms with Crippen LogP contribution in [0.2, 0.25) is 0 Å². The summed E-state index contributed by atoms with van der Waals surface area (Å²) in [5.41, 5.74) is 2.41. The molecule has 4 nitrogen and oxygen atoms in total. The minimum atomic E-state index is -0.866. The van der Waals surface area contributed by atoms with Crippen molar-refractivity contribution >= 4 is 17.3 Å². The molecule has 88 valence electrons. The summed E-state index contributed by atoms with van der Waals surface area (Å²) in [7, 11) is 0. The van der Waals surface area contributed by atoms with Crippen LogP contribution in [0.4, 0.5) is 0 Å². The summed E-state index contributed by atoms with van der Waals surface area (Å²) in [6.45, 7) is 0. The Morgan fingerprint density at radius 3 is 2.94 bits per heavy atom. The van der Waals surface area contributed by atoms with Gasteiger partial charge in [0.05, 0.1) is 5.69 Å². The molecule has 1 N–H and O–H groups in total. The third-order valence-electron chi connectivity index (χ3n) is 3.07. The van der Waals surface area contributed by atoms with Crippen LogP contribution in [-0.4, -0.2) is 20.6 Å². The van der Waals surface area contributed by atoms with Crippen molar-refractivity contribution in [1.29, 1.82) is 0 Å². The van der Waals surface area contributed by atoms with E-state index in [0.29, 0.717) is 4.88 Å². The molecule has 0 bridgehead atoms. The zero-order valence-electron chi connectivity index (χ0n) is 9.22. The van der Waals surface area contributed by atoms with Crippen molar-refractivity contribution in [2.24, 2.45) is 0 Å². The Morgan fingerprint density at radius 1 is 1.35 bits per heavy atom. The SMILES string of the molecule is O=C(O)c1ccc(-n2cnc3c2CCCC3)s1. The quantitative estimate of drug-likeness (QED) is 0.888. The molecular formula is C12H12N2O2S. The van der Waals surface area contributed by atoms with Gasteiger partial charge in [0.1, 0.15) is 16.2 Å². The smallest absolute Gasteiger partial charge is 0.345 e. The van der Waals surface area contributed by atoms with E-state index in [1.165, 1.54) is 35.6 Å². The molecule has 0 radical (unpaired) electrons. The average Bonchev–Trinajstić information content (AvgIpc) is 2.95. The maximum atomic E-state index is 10.9. The fraction of sp³-hybridized carbons (Fsp3) is 0.333. The van der Waals surface area contributed by atoms with Crippen LogP contribution in [0.3, 0.4) is 0 Å². The molecule has 17 heavy (non-hydrogen) atoms. The first-order chi connectivity index (χ1) is 8.25. The van der Waals surface area contributed by atoms with Crippen molar-refractivity contribution in [3.8, 4) is 5.00 Å². The number of nitrogens with zero attached hydrogens (tertiary/aromatic N) is 2. The monoisotopic (exact) mass is 248 g/mol. The van der Waals surface area contributed by atoms with Crippen LogP contribution >= 0.6 is 11.3 Å². The lowest BCUT2D eigenvalue weighted by molar-refractivity contribution is 0.0702. The minimum Gasteiger partial charge on any atom is -0.477 e. The van der Waals surface area contributed by atoms with E-state index < -0.39 is 5.97 Å². The second-order valence-corrected chi connectivity index (χ2v) is 5.22. The van der Waals surface area contributed by atoms with Crippen LogP contribution in [0.25, 0.3) is 5.00 Å². The molecule has 0 atom stereocenters. The molecular weight excluding hydrogens is 236 g/mol. The van der Waals surface area contributed by atoms with Gasteiger partial charge in [-0.1, -0.05) is 0 Å². The topological polar surface area (TPSA) is 55.1 Å². The molecule has 3 rings (SSSR count). The number of hydrogen-bond acceptors (Lipinski definition) is 3. The van der Waals surface area contributed by atoms with Gasteiger partial charge in [0.2, 0.25) is 0 Å². The zero-order chi connectivity index (χ0) is 11.8. The van der Waals surface area contributed by atoms with Gasteiger partial charge in [-0.2, -0.15) is 0 Å². The van der Waals surface area contributed by atoms with Gasteiger partial charge in [0.15, 0.2) is 0 Å². The van der Waals surface area contributed by atoms with Crippen molar-refractivity contribution in [1.82, 2.24) is 9.55 Å². The highest BCUT2D eigenvalue weighted by Gasteiger charge is 2.17. The molecule has 0 aliphatic heterocycles. The van der Waals surface area contributed by atoms with E-state index in [9.17, 15) is 4.79 Å². The number of carbonyl (C=O) groups is 1. The van der Waals surface area contributed by atoms with E-state index in [2.05, 4.69) is 4.98 Å². The van der Waals surface area contributed by atoms with Gasteiger partial charge >= 0.3 is 5.97 Å². The maximum absolute atomic E-state index is 10.9. The van der Waals surface area contributed by atoms with Crippen molar-refractivity contribution < 1.29 is 9.90 Å². The van der Waals surface area contributed by atoms with Crippen molar-refractivity contribution in [2.75, 3.05) is 0 Å². The van der Waals surface area contributed by atoms with Crippen LogP contribution in [0.1, 0.15) is 33.9 Å². The maximum Gasteiger partial charge on any atom is 0.345 e. The normalized spacial score (nSPS) is 14.6. The van der Waals surface area contributed by atoms with E-state index in [-0.39, 0.29) is 0 Å². The van der Waals surface area contributed by atoms with Crippen molar-refractivity contribution in [3.05, 3.63) is 34.7 Å². The fourth-order valence-corrected chi connectivity index (χ4v) is 3.07. The van der Waals surface area contributed by atoms with E-state index in [1.54, 1.807) is 6.07 Å². The number of carboxylic acid groups (broad SMARTS) is 1. The summed E-state index contributed by atoms with van der Waals surface area (Å²) in [5.74, 6) is -0.866. The van der Waals surface area contributed by atoms with Crippen LogP contribution in [0, 0.1) is 0 Å². The lowest BCUT2D eigenvalue weighted by Gasteiger charge is -2.12. The lowest BCUT2D eigenvalue weighted by Crippen LogP contribution is -2.05. The third kappa shape index (κ3) is 1.76. The number of carboxylic acids is 1. The van der Waals surface area contributed by atoms with E-state index in [1.807, 2.05) is 17.0 Å². The first-order valence-corrected chi connectivity index (χ1v) is 6.46. The summed E-state index contributed by atoms with van der Waals surface area (Å²) in [5, 5.41) is 9.86. The number of imidazole rings is 1. The molecule has 2 aromatic heterocycles. The third-order valence-corrected chi connectivity index (χ3v) is 4.14. The first kappa shape index (κ1) is 10.5. The number of aromatic carboxylic acids is 1. The Bertz CT molecular complexity index is 571. The second-order valence-electron chi connectivity index (χ2n) is 4.16. The van der Waals surface area contributed by atoms with E-state index >= 15 is 0 Å². The summed E-state index contributed by atoms with van der Waals surface area (Å²) in [6.07, 6.45) is 6.28.